The molecule has 0 spiro atoms. The van der Waals surface area contributed by atoms with Crippen LogP contribution >= 0.6 is 11.8 Å². The average molecular weight is 510 g/mol. The summed E-state index contributed by atoms with van der Waals surface area (Å²) in [5, 5.41) is 4.00. The van der Waals surface area contributed by atoms with Gasteiger partial charge in [-0.2, -0.15) is 16.9 Å². The highest BCUT2D eigenvalue weighted by molar-refractivity contribution is 8.00. The molecule has 0 saturated carbocycles. The van der Waals surface area contributed by atoms with Gasteiger partial charge in [-0.3, -0.25) is 9.10 Å². The number of anilines is 1. The van der Waals surface area contributed by atoms with Gasteiger partial charge in [0.25, 0.3) is 15.9 Å². The number of hydrogen-bond donors (Lipinski definition) is 1. The van der Waals surface area contributed by atoms with E-state index in [0.29, 0.717) is 5.69 Å². The first-order valence-electron chi connectivity index (χ1n) is 11.3. The first-order valence-corrected chi connectivity index (χ1v) is 13.9. The van der Waals surface area contributed by atoms with E-state index >= 15 is 0 Å². The highest BCUT2D eigenvalue weighted by atomic mass is 32.2. The second kappa shape index (κ2) is 11.4. The van der Waals surface area contributed by atoms with Crippen LogP contribution in [0.25, 0.3) is 0 Å². The molecular formula is C26H27N3O4S2. The summed E-state index contributed by atoms with van der Waals surface area (Å²) in [6, 6.07) is 22.6. The predicted molar refractivity (Wildman–Crippen MR) is 141 cm³/mol. The first-order chi connectivity index (χ1) is 17.0. The van der Waals surface area contributed by atoms with Crippen LogP contribution in [-0.4, -0.2) is 44.7 Å². The van der Waals surface area contributed by atoms with Crippen LogP contribution in [0.3, 0.4) is 0 Å². The summed E-state index contributed by atoms with van der Waals surface area (Å²) in [6.45, 7) is 1.61. The third kappa shape index (κ3) is 6.43. The summed E-state index contributed by atoms with van der Waals surface area (Å²) in [5.41, 5.74) is 4.70. The van der Waals surface area contributed by atoms with Crippen molar-refractivity contribution in [2.45, 2.75) is 24.3 Å². The van der Waals surface area contributed by atoms with Crippen LogP contribution in [0.5, 0.6) is 5.75 Å². The van der Waals surface area contributed by atoms with Crippen molar-refractivity contribution in [3.05, 3.63) is 90.0 Å². The number of ether oxygens (including phenoxy) is 1. The molecule has 1 saturated heterocycles. The van der Waals surface area contributed by atoms with Crippen LogP contribution in [0.1, 0.15) is 18.1 Å². The van der Waals surface area contributed by atoms with Crippen molar-refractivity contribution in [2.24, 2.45) is 5.10 Å². The minimum atomic E-state index is -3.95. The molecule has 0 atom stereocenters. The van der Waals surface area contributed by atoms with Gasteiger partial charge in [-0.15, -0.1) is 0 Å². The Morgan fingerprint density at radius 2 is 1.74 bits per heavy atom. The minimum Gasteiger partial charge on any atom is -0.489 e. The van der Waals surface area contributed by atoms with E-state index in [9.17, 15) is 13.2 Å². The third-order valence-corrected chi connectivity index (χ3v) is 8.45. The number of nitrogens with one attached hydrogen (secondary N) is 1. The van der Waals surface area contributed by atoms with E-state index in [1.54, 1.807) is 30.3 Å². The monoisotopic (exact) mass is 509 g/mol. The van der Waals surface area contributed by atoms with Gasteiger partial charge >= 0.3 is 0 Å². The fraction of sp³-hybridized carbons (Fsp3) is 0.231. The van der Waals surface area contributed by atoms with Crippen molar-refractivity contribution in [1.82, 2.24) is 5.43 Å². The summed E-state index contributed by atoms with van der Waals surface area (Å²) in [5.74, 6) is 2.26. The molecule has 35 heavy (non-hydrogen) atoms. The van der Waals surface area contributed by atoms with E-state index in [2.05, 4.69) is 10.5 Å². The van der Waals surface area contributed by atoms with Gasteiger partial charge in [0.1, 0.15) is 18.4 Å². The number of hydrogen-bond acceptors (Lipinski definition) is 6. The SMILES string of the molecule is CCc1ccc(N(CC(=O)N/N=C\c2ccc(OC3CSC3)cc2)S(=O)(=O)c2ccccc2)cc1. The van der Waals surface area contributed by atoms with Gasteiger partial charge < -0.3 is 4.74 Å². The Labute approximate surface area is 210 Å². The molecule has 0 aromatic heterocycles. The largest absolute Gasteiger partial charge is 0.489 e. The number of thioether (sulfide) groups is 1. The summed E-state index contributed by atoms with van der Waals surface area (Å²) < 4.78 is 33.6. The Morgan fingerprint density at radius 1 is 1.06 bits per heavy atom. The van der Waals surface area contributed by atoms with Crippen molar-refractivity contribution in [1.29, 1.82) is 0 Å². The quantitative estimate of drug-likeness (QED) is 0.329. The minimum absolute atomic E-state index is 0.110. The zero-order valence-corrected chi connectivity index (χ0v) is 21.0. The molecule has 1 fully saturated rings. The van der Waals surface area contributed by atoms with Gasteiger partial charge in [0.05, 0.1) is 16.8 Å². The molecule has 4 rings (SSSR count). The Hall–Kier alpha value is -3.30. The van der Waals surface area contributed by atoms with Crippen LogP contribution in [-0.2, 0) is 21.2 Å². The van der Waals surface area contributed by atoms with Crippen LogP contribution in [0.4, 0.5) is 5.69 Å². The maximum atomic E-state index is 13.3. The van der Waals surface area contributed by atoms with Crippen molar-refractivity contribution in [3.63, 3.8) is 0 Å². The van der Waals surface area contributed by atoms with Crippen LogP contribution in [0.15, 0.2) is 88.9 Å². The zero-order chi connectivity index (χ0) is 24.7. The molecule has 1 heterocycles. The number of amides is 1. The molecule has 0 unspecified atom stereocenters. The van der Waals surface area contributed by atoms with Gasteiger partial charge in [0.15, 0.2) is 0 Å². The average Bonchev–Trinajstić information content (AvgIpc) is 2.86. The topological polar surface area (TPSA) is 88.1 Å². The molecule has 3 aromatic rings. The Balaban J connectivity index is 1.44. The number of sulfonamides is 1. The van der Waals surface area contributed by atoms with E-state index < -0.39 is 22.5 Å². The first kappa shape index (κ1) is 24.8. The Bertz CT molecular complexity index is 1260. The van der Waals surface area contributed by atoms with E-state index in [-0.39, 0.29) is 11.0 Å². The lowest BCUT2D eigenvalue weighted by molar-refractivity contribution is -0.119. The number of rotatable bonds is 10. The number of nitrogens with zero attached hydrogens (tertiary/aromatic N) is 2. The maximum Gasteiger partial charge on any atom is 0.264 e. The Morgan fingerprint density at radius 3 is 2.34 bits per heavy atom. The number of carbonyl (C=O) groups excluding carboxylic acids is 1. The molecule has 1 aliphatic rings. The predicted octanol–water partition coefficient (Wildman–Crippen LogP) is 4.09. The van der Waals surface area contributed by atoms with Gasteiger partial charge in [-0.05, 0) is 66.1 Å². The van der Waals surface area contributed by atoms with E-state index in [1.165, 1.54) is 18.3 Å². The standard InChI is InChI=1S/C26H27N3O4S2/c1-2-20-8-12-22(13-9-20)29(35(31,32)25-6-4-3-5-7-25)17-26(30)28-27-16-21-10-14-23(15-11-21)33-24-18-34-19-24/h3-16,24H,2,17-19H2,1H3,(H,28,30)/b27-16-. The van der Waals surface area contributed by atoms with Crippen molar-refractivity contribution in [3.8, 4) is 5.75 Å². The van der Waals surface area contributed by atoms with Crippen LogP contribution < -0.4 is 14.5 Å². The van der Waals surface area contributed by atoms with Gasteiger partial charge in [0.2, 0.25) is 0 Å². The van der Waals surface area contributed by atoms with Gasteiger partial charge in [0, 0.05) is 11.5 Å². The number of benzene rings is 3. The molecule has 0 aliphatic carbocycles. The molecule has 0 bridgehead atoms. The lowest BCUT2D eigenvalue weighted by Gasteiger charge is -2.25. The highest BCUT2D eigenvalue weighted by Crippen LogP contribution is 2.25. The van der Waals surface area contributed by atoms with Crippen LogP contribution in [0, 0.1) is 0 Å². The summed E-state index contributed by atoms with van der Waals surface area (Å²) in [6.07, 6.45) is 2.60. The molecular weight excluding hydrogens is 482 g/mol. The molecule has 1 aliphatic heterocycles. The second-order valence-electron chi connectivity index (χ2n) is 7.98. The van der Waals surface area contributed by atoms with Crippen molar-refractivity contribution < 1.29 is 17.9 Å². The number of hydrazone groups is 1. The Kier molecular flexibility index (Phi) is 8.09. The highest BCUT2D eigenvalue weighted by Gasteiger charge is 2.27. The molecule has 182 valence electrons. The molecule has 1 amide bonds. The molecule has 9 heteroatoms. The van der Waals surface area contributed by atoms with E-state index in [1.807, 2.05) is 55.1 Å². The fourth-order valence-corrected chi connectivity index (χ4v) is 5.39. The van der Waals surface area contributed by atoms with Gasteiger partial charge in [-0.25, -0.2) is 13.8 Å². The smallest absolute Gasteiger partial charge is 0.264 e. The second-order valence-corrected chi connectivity index (χ2v) is 10.9. The van der Waals surface area contributed by atoms with E-state index in [4.69, 9.17) is 4.74 Å². The van der Waals surface area contributed by atoms with Crippen LogP contribution in [0.2, 0.25) is 0 Å². The number of carbonyl (C=O) groups is 1. The normalized spacial score (nSPS) is 13.9. The summed E-state index contributed by atoms with van der Waals surface area (Å²) >= 11 is 1.86. The number of aryl methyl sites for hydroxylation is 1. The summed E-state index contributed by atoms with van der Waals surface area (Å²) in [4.78, 5) is 12.8. The molecule has 1 N–H and O–H groups in total. The van der Waals surface area contributed by atoms with E-state index in [0.717, 1.165) is 39.1 Å². The van der Waals surface area contributed by atoms with Crippen molar-refractivity contribution in [2.75, 3.05) is 22.4 Å². The maximum absolute atomic E-state index is 13.3. The summed E-state index contributed by atoms with van der Waals surface area (Å²) in [7, 11) is -3.95. The van der Waals surface area contributed by atoms with Gasteiger partial charge in [-0.1, -0.05) is 37.3 Å². The zero-order valence-electron chi connectivity index (χ0n) is 19.3. The fourth-order valence-electron chi connectivity index (χ4n) is 3.38. The molecule has 0 radical (unpaired) electrons. The lowest BCUT2D eigenvalue weighted by Crippen LogP contribution is -2.39. The molecule has 7 nitrogen and oxygen atoms in total. The lowest BCUT2D eigenvalue weighted by atomic mass is 10.1. The molecule has 3 aromatic carbocycles. The van der Waals surface area contributed by atoms with Crippen molar-refractivity contribution >= 4 is 39.6 Å². The third-order valence-electron chi connectivity index (χ3n) is 5.44.